The molecule has 0 aliphatic rings. The normalized spacial score (nSPS) is 10.9. The molecule has 7 nitrogen and oxygen atoms in total. The summed E-state index contributed by atoms with van der Waals surface area (Å²) in [6.07, 6.45) is 5.09. The molecule has 3 rings (SSSR count). The number of hydrogen-bond acceptors (Lipinski definition) is 6. The van der Waals surface area contributed by atoms with Crippen LogP contribution in [0.25, 0.3) is 11.4 Å². The molecule has 24 heavy (non-hydrogen) atoms. The predicted molar refractivity (Wildman–Crippen MR) is 93.2 cm³/mol. The first-order valence-corrected chi connectivity index (χ1v) is 7.48. The highest BCUT2D eigenvalue weighted by Gasteiger charge is 2.12. The largest absolute Gasteiger partial charge is 0.493 e. The van der Waals surface area contributed by atoms with Crippen LogP contribution in [0.15, 0.2) is 47.8 Å². The molecule has 0 spiro atoms. The topological polar surface area (TPSA) is 77.3 Å². The molecule has 0 amide bonds. The molecular formula is C16H15N5O2S. The zero-order valence-electron chi connectivity index (χ0n) is 13.1. The van der Waals surface area contributed by atoms with Crippen LogP contribution in [-0.2, 0) is 0 Å². The van der Waals surface area contributed by atoms with Gasteiger partial charge in [0.25, 0.3) is 0 Å². The Morgan fingerprint density at radius 1 is 1.21 bits per heavy atom. The number of rotatable bonds is 5. The summed E-state index contributed by atoms with van der Waals surface area (Å²) in [5.41, 5.74) is 1.65. The minimum Gasteiger partial charge on any atom is -0.493 e. The van der Waals surface area contributed by atoms with Crippen molar-refractivity contribution in [3.8, 4) is 22.9 Å². The number of methoxy groups -OCH3 is 2. The maximum Gasteiger partial charge on any atom is 0.216 e. The van der Waals surface area contributed by atoms with Crippen molar-refractivity contribution >= 4 is 18.4 Å². The standard InChI is InChI=1S/C16H15N5O2S/c1-22-13-6-5-12(8-14(13)23-2)15-19-20-16(24)21(15)18-10-11-4-3-7-17-9-11/h3-10H,1-2H3,(H,20,24)/b18-10-. The van der Waals surface area contributed by atoms with Crippen molar-refractivity contribution in [3.05, 3.63) is 53.1 Å². The SMILES string of the molecule is COc1ccc(-c2n[nH]c(=S)n2/N=C\c2cccnc2)cc1OC. The lowest BCUT2D eigenvalue weighted by molar-refractivity contribution is 0.355. The molecule has 0 radical (unpaired) electrons. The van der Waals surface area contributed by atoms with Gasteiger partial charge in [-0.1, -0.05) is 6.07 Å². The zero-order chi connectivity index (χ0) is 16.9. The van der Waals surface area contributed by atoms with E-state index in [0.717, 1.165) is 11.1 Å². The van der Waals surface area contributed by atoms with E-state index in [0.29, 0.717) is 22.1 Å². The number of benzene rings is 1. The molecule has 8 heteroatoms. The smallest absolute Gasteiger partial charge is 0.216 e. The van der Waals surface area contributed by atoms with E-state index < -0.39 is 0 Å². The molecule has 0 bridgehead atoms. The van der Waals surface area contributed by atoms with Crippen LogP contribution >= 0.6 is 12.2 Å². The predicted octanol–water partition coefficient (Wildman–Crippen LogP) is 2.90. The molecule has 1 aromatic carbocycles. The Hall–Kier alpha value is -3.00. The number of ether oxygens (including phenoxy) is 2. The second-order valence-corrected chi connectivity index (χ2v) is 5.15. The molecule has 0 saturated carbocycles. The summed E-state index contributed by atoms with van der Waals surface area (Å²) < 4.78 is 12.5. The van der Waals surface area contributed by atoms with Crippen LogP contribution in [-0.4, -0.2) is 40.3 Å². The van der Waals surface area contributed by atoms with E-state index in [9.17, 15) is 0 Å². The first kappa shape index (κ1) is 15.9. The Kier molecular flexibility index (Phi) is 4.66. The average molecular weight is 341 g/mol. The molecule has 1 N–H and O–H groups in total. The van der Waals surface area contributed by atoms with Gasteiger partial charge in [-0.2, -0.15) is 14.9 Å². The maximum atomic E-state index is 5.33. The fourth-order valence-electron chi connectivity index (χ4n) is 2.14. The fraction of sp³-hybridized carbons (Fsp3) is 0.125. The van der Waals surface area contributed by atoms with E-state index in [-0.39, 0.29) is 0 Å². The molecule has 2 aromatic heterocycles. The zero-order valence-corrected chi connectivity index (χ0v) is 13.9. The third-order valence-corrected chi connectivity index (χ3v) is 3.56. The van der Waals surface area contributed by atoms with Gasteiger partial charge in [0.1, 0.15) is 0 Å². The number of nitrogens with one attached hydrogen (secondary N) is 1. The van der Waals surface area contributed by atoms with Crippen LogP contribution in [0.4, 0.5) is 0 Å². The quantitative estimate of drug-likeness (QED) is 0.570. The molecule has 0 atom stereocenters. The molecule has 0 aliphatic carbocycles. The highest BCUT2D eigenvalue weighted by molar-refractivity contribution is 7.71. The second kappa shape index (κ2) is 7.05. The average Bonchev–Trinajstić information content (AvgIpc) is 3.00. The first-order valence-electron chi connectivity index (χ1n) is 7.07. The third-order valence-electron chi connectivity index (χ3n) is 3.30. The first-order chi connectivity index (χ1) is 11.7. The number of H-pyrrole nitrogens is 1. The van der Waals surface area contributed by atoms with Crippen molar-refractivity contribution in [1.82, 2.24) is 19.9 Å². The van der Waals surface area contributed by atoms with Gasteiger partial charge in [-0.15, -0.1) is 0 Å². The van der Waals surface area contributed by atoms with E-state index in [1.165, 1.54) is 0 Å². The fourth-order valence-corrected chi connectivity index (χ4v) is 2.32. The highest BCUT2D eigenvalue weighted by Crippen LogP contribution is 2.31. The van der Waals surface area contributed by atoms with E-state index in [2.05, 4.69) is 20.3 Å². The molecule has 122 valence electrons. The van der Waals surface area contributed by atoms with Crippen molar-refractivity contribution in [2.75, 3.05) is 14.2 Å². The van der Waals surface area contributed by atoms with E-state index >= 15 is 0 Å². The van der Waals surface area contributed by atoms with Crippen molar-refractivity contribution < 1.29 is 9.47 Å². The Labute approximate surface area is 143 Å². The Morgan fingerprint density at radius 3 is 2.75 bits per heavy atom. The van der Waals surface area contributed by atoms with Gasteiger partial charge in [0.05, 0.1) is 20.4 Å². The van der Waals surface area contributed by atoms with Gasteiger partial charge < -0.3 is 9.47 Å². The Morgan fingerprint density at radius 2 is 2.04 bits per heavy atom. The van der Waals surface area contributed by atoms with E-state index in [4.69, 9.17) is 21.7 Å². The van der Waals surface area contributed by atoms with Crippen LogP contribution in [0.5, 0.6) is 11.5 Å². The van der Waals surface area contributed by atoms with Gasteiger partial charge in [-0.25, -0.2) is 5.10 Å². The van der Waals surface area contributed by atoms with Crippen LogP contribution in [0.2, 0.25) is 0 Å². The van der Waals surface area contributed by atoms with E-state index in [1.54, 1.807) is 43.6 Å². The molecule has 0 fully saturated rings. The molecule has 0 aliphatic heterocycles. The summed E-state index contributed by atoms with van der Waals surface area (Å²) in [5, 5.41) is 11.4. The molecule has 3 aromatic rings. The van der Waals surface area contributed by atoms with Crippen LogP contribution in [0.1, 0.15) is 5.56 Å². The van der Waals surface area contributed by atoms with Gasteiger partial charge in [-0.05, 0) is 36.5 Å². The van der Waals surface area contributed by atoms with Crippen LogP contribution in [0.3, 0.4) is 0 Å². The lowest BCUT2D eigenvalue weighted by Gasteiger charge is -2.09. The Bertz CT molecular complexity index is 918. The summed E-state index contributed by atoms with van der Waals surface area (Å²) in [4.78, 5) is 4.05. The van der Waals surface area contributed by atoms with Crippen molar-refractivity contribution in [3.63, 3.8) is 0 Å². The number of aromatic nitrogens is 4. The number of nitrogens with zero attached hydrogens (tertiary/aromatic N) is 4. The lowest BCUT2D eigenvalue weighted by atomic mass is 10.2. The van der Waals surface area contributed by atoms with Gasteiger partial charge in [0.2, 0.25) is 4.77 Å². The summed E-state index contributed by atoms with van der Waals surface area (Å²) in [6, 6.07) is 9.23. The molecular weight excluding hydrogens is 326 g/mol. The van der Waals surface area contributed by atoms with E-state index in [1.807, 2.05) is 24.3 Å². The van der Waals surface area contributed by atoms with Crippen LogP contribution < -0.4 is 9.47 Å². The van der Waals surface area contributed by atoms with Gasteiger partial charge in [0.15, 0.2) is 17.3 Å². The minimum absolute atomic E-state index is 0.389. The monoisotopic (exact) mass is 341 g/mol. The lowest BCUT2D eigenvalue weighted by Crippen LogP contribution is -1.96. The van der Waals surface area contributed by atoms with Crippen LogP contribution in [0, 0.1) is 4.77 Å². The number of hydrogen-bond donors (Lipinski definition) is 1. The maximum absolute atomic E-state index is 5.33. The highest BCUT2D eigenvalue weighted by atomic mass is 32.1. The molecule has 0 saturated heterocycles. The molecule has 0 unspecified atom stereocenters. The molecule has 2 heterocycles. The number of pyridine rings is 1. The summed E-state index contributed by atoms with van der Waals surface area (Å²) in [6.45, 7) is 0. The second-order valence-electron chi connectivity index (χ2n) is 4.76. The van der Waals surface area contributed by atoms with Gasteiger partial charge in [-0.3, -0.25) is 4.98 Å². The van der Waals surface area contributed by atoms with Crippen molar-refractivity contribution in [2.24, 2.45) is 5.10 Å². The number of aromatic amines is 1. The van der Waals surface area contributed by atoms with Crippen molar-refractivity contribution in [1.29, 1.82) is 0 Å². The van der Waals surface area contributed by atoms with Gasteiger partial charge >= 0.3 is 0 Å². The minimum atomic E-state index is 0.389. The third kappa shape index (κ3) is 3.18. The summed E-state index contributed by atoms with van der Waals surface area (Å²) in [5.74, 6) is 1.81. The summed E-state index contributed by atoms with van der Waals surface area (Å²) >= 11 is 5.26. The Balaban J connectivity index is 2.02. The summed E-state index contributed by atoms with van der Waals surface area (Å²) in [7, 11) is 3.17. The van der Waals surface area contributed by atoms with Gasteiger partial charge in [0, 0.05) is 23.5 Å². The van der Waals surface area contributed by atoms with Crippen molar-refractivity contribution in [2.45, 2.75) is 0 Å².